The maximum Gasteiger partial charge on any atom is 0.330 e. The standard InChI is InChI=1S/C26H26BO2/c1-25(2,28)26(3,4)29-27-24-14-13-22-16-21(11-12-23(22)17-24)20-10-9-18-7-5-6-8-19(18)15-20/h5-17,28H,1-4H3. The van der Waals surface area contributed by atoms with Gasteiger partial charge in [0.15, 0.2) is 0 Å². The van der Waals surface area contributed by atoms with E-state index in [1.165, 1.54) is 27.3 Å². The molecule has 0 amide bonds. The van der Waals surface area contributed by atoms with Crippen molar-refractivity contribution in [2.45, 2.75) is 38.9 Å². The summed E-state index contributed by atoms with van der Waals surface area (Å²) in [5, 5.41) is 15.1. The van der Waals surface area contributed by atoms with Gasteiger partial charge in [0.05, 0.1) is 11.2 Å². The van der Waals surface area contributed by atoms with Gasteiger partial charge in [0.25, 0.3) is 0 Å². The first-order valence-corrected chi connectivity index (χ1v) is 9.99. The summed E-state index contributed by atoms with van der Waals surface area (Å²) < 4.78 is 5.89. The molecule has 29 heavy (non-hydrogen) atoms. The summed E-state index contributed by atoms with van der Waals surface area (Å²) in [5.74, 6) is 0. The van der Waals surface area contributed by atoms with Crippen LogP contribution in [-0.4, -0.2) is 23.8 Å². The first-order chi connectivity index (χ1) is 13.7. The van der Waals surface area contributed by atoms with Crippen LogP contribution < -0.4 is 5.46 Å². The molecule has 1 radical (unpaired) electrons. The molecule has 0 saturated heterocycles. The van der Waals surface area contributed by atoms with Gasteiger partial charge in [-0.1, -0.05) is 72.2 Å². The van der Waals surface area contributed by atoms with Crippen LogP contribution in [0.3, 0.4) is 0 Å². The molecule has 145 valence electrons. The fourth-order valence-electron chi connectivity index (χ4n) is 3.25. The Morgan fingerprint density at radius 1 is 0.655 bits per heavy atom. The molecule has 0 aliphatic heterocycles. The van der Waals surface area contributed by atoms with Crippen molar-refractivity contribution in [1.82, 2.24) is 0 Å². The number of fused-ring (bicyclic) bond motifs is 2. The molecule has 3 heteroatoms. The maximum atomic E-state index is 10.3. The Morgan fingerprint density at radius 2 is 1.17 bits per heavy atom. The summed E-state index contributed by atoms with van der Waals surface area (Å²) in [6, 6.07) is 27.8. The molecule has 0 aliphatic rings. The Morgan fingerprint density at radius 3 is 1.83 bits per heavy atom. The first-order valence-electron chi connectivity index (χ1n) is 9.99. The summed E-state index contributed by atoms with van der Waals surface area (Å²) in [4.78, 5) is 0. The summed E-state index contributed by atoms with van der Waals surface area (Å²) in [6.07, 6.45) is 0. The minimum Gasteiger partial charge on any atom is -0.427 e. The van der Waals surface area contributed by atoms with Gasteiger partial charge in [-0.2, -0.15) is 0 Å². The molecule has 1 N–H and O–H groups in total. The van der Waals surface area contributed by atoms with Crippen molar-refractivity contribution in [3.8, 4) is 11.1 Å². The molecule has 4 rings (SSSR count). The lowest BCUT2D eigenvalue weighted by Crippen LogP contribution is -2.49. The quantitative estimate of drug-likeness (QED) is 0.465. The molecule has 0 unspecified atom stereocenters. The third-order valence-electron chi connectivity index (χ3n) is 5.91. The minimum absolute atomic E-state index is 0.679. The Hall–Kier alpha value is -2.62. The van der Waals surface area contributed by atoms with Crippen molar-refractivity contribution in [3.05, 3.63) is 78.9 Å². The van der Waals surface area contributed by atoms with Gasteiger partial charge in [-0.05, 0) is 72.5 Å². The normalized spacial score (nSPS) is 12.4. The van der Waals surface area contributed by atoms with E-state index in [1.807, 2.05) is 19.9 Å². The van der Waals surface area contributed by atoms with E-state index in [0.29, 0.717) is 0 Å². The molecule has 4 aromatic rings. The fourth-order valence-corrected chi connectivity index (χ4v) is 3.25. The summed E-state index contributed by atoms with van der Waals surface area (Å²) in [5.41, 5.74) is 1.79. The van der Waals surface area contributed by atoms with E-state index >= 15 is 0 Å². The highest BCUT2D eigenvalue weighted by molar-refractivity contribution is 6.47. The van der Waals surface area contributed by atoms with Gasteiger partial charge >= 0.3 is 7.48 Å². The Balaban J connectivity index is 1.60. The maximum absolute atomic E-state index is 10.3. The van der Waals surface area contributed by atoms with Crippen LogP contribution in [0.15, 0.2) is 78.9 Å². The molecule has 4 aromatic carbocycles. The summed E-state index contributed by atoms with van der Waals surface area (Å²) in [7, 11) is 1.73. The molecule has 2 nitrogen and oxygen atoms in total. The van der Waals surface area contributed by atoms with Gasteiger partial charge in [-0.3, -0.25) is 0 Å². The van der Waals surface area contributed by atoms with Gasteiger partial charge in [0.2, 0.25) is 0 Å². The number of hydrogen-bond donors (Lipinski definition) is 1. The molecule has 0 heterocycles. The van der Waals surface area contributed by atoms with E-state index in [4.69, 9.17) is 4.65 Å². The Bertz CT molecular complexity index is 1170. The zero-order valence-electron chi connectivity index (χ0n) is 17.4. The predicted octanol–water partition coefficient (Wildman–Crippen LogP) is 5.47. The van der Waals surface area contributed by atoms with Crippen LogP contribution in [0.5, 0.6) is 0 Å². The van der Waals surface area contributed by atoms with Crippen molar-refractivity contribution in [3.63, 3.8) is 0 Å². The van der Waals surface area contributed by atoms with Crippen LogP contribution in [0.4, 0.5) is 0 Å². The topological polar surface area (TPSA) is 29.5 Å². The van der Waals surface area contributed by atoms with E-state index in [0.717, 1.165) is 10.8 Å². The summed E-state index contributed by atoms with van der Waals surface area (Å²) >= 11 is 0. The Kier molecular flexibility index (Phi) is 4.98. The number of rotatable bonds is 5. The van der Waals surface area contributed by atoms with Crippen molar-refractivity contribution in [1.29, 1.82) is 0 Å². The van der Waals surface area contributed by atoms with Crippen LogP contribution in [0.2, 0.25) is 0 Å². The van der Waals surface area contributed by atoms with Crippen molar-refractivity contribution < 1.29 is 9.76 Å². The monoisotopic (exact) mass is 381 g/mol. The lowest BCUT2D eigenvalue weighted by molar-refractivity contribution is -0.0893. The largest absolute Gasteiger partial charge is 0.427 e. The Labute approximate surface area is 173 Å². The van der Waals surface area contributed by atoms with Gasteiger partial charge < -0.3 is 9.76 Å². The first kappa shape index (κ1) is 19.7. The van der Waals surface area contributed by atoms with Crippen LogP contribution in [-0.2, 0) is 4.65 Å². The van der Waals surface area contributed by atoms with Gasteiger partial charge in [0, 0.05) is 0 Å². The molecule has 0 fully saturated rings. The second kappa shape index (κ2) is 7.33. The van der Waals surface area contributed by atoms with Crippen LogP contribution in [0.1, 0.15) is 27.7 Å². The van der Waals surface area contributed by atoms with E-state index in [1.54, 1.807) is 21.3 Å². The zero-order valence-corrected chi connectivity index (χ0v) is 17.4. The summed E-state index contributed by atoms with van der Waals surface area (Å²) in [6.45, 7) is 7.30. The van der Waals surface area contributed by atoms with E-state index < -0.39 is 11.2 Å². The lowest BCUT2D eigenvalue weighted by atomic mass is 9.82. The van der Waals surface area contributed by atoms with Crippen molar-refractivity contribution in [2.24, 2.45) is 0 Å². The van der Waals surface area contributed by atoms with E-state index in [2.05, 4.69) is 72.8 Å². The highest BCUT2D eigenvalue weighted by atomic mass is 16.5. The van der Waals surface area contributed by atoms with Crippen LogP contribution in [0.25, 0.3) is 32.7 Å². The highest BCUT2D eigenvalue weighted by Crippen LogP contribution is 2.28. The second-order valence-electron chi connectivity index (χ2n) is 8.69. The van der Waals surface area contributed by atoms with Gasteiger partial charge in [-0.25, -0.2) is 0 Å². The molecule has 0 aliphatic carbocycles. The average molecular weight is 381 g/mol. The van der Waals surface area contributed by atoms with E-state index in [-0.39, 0.29) is 0 Å². The third-order valence-corrected chi connectivity index (χ3v) is 5.91. The second-order valence-corrected chi connectivity index (χ2v) is 8.69. The van der Waals surface area contributed by atoms with Crippen LogP contribution >= 0.6 is 0 Å². The smallest absolute Gasteiger partial charge is 0.330 e. The number of benzene rings is 4. The number of aliphatic hydroxyl groups is 1. The fraction of sp³-hybridized carbons (Fsp3) is 0.231. The van der Waals surface area contributed by atoms with Gasteiger partial charge in [-0.15, -0.1) is 0 Å². The highest BCUT2D eigenvalue weighted by Gasteiger charge is 2.35. The molecule has 0 saturated carbocycles. The minimum atomic E-state index is -0.935. The molecule has 0 spiro atoms. The van der Waals surface area contributed by atoms with Gasteiger partial charge in [0.1, 0.15) is 0 Å². The SMILES string of the molecule is CC(C)(O)C(C)(C)O[B]c1ccc2cc(-c3ccc4ccccc4c3)ccc2c1. The third kappa shape index (κ3) is 4.07. The molecule has 0 aromatic heterocycles. The van der Waals surface area contributed by atoms with Crippen molar-refractivity contribution in [2.75, 3.05) is 0 Å². The van der Waals surface area contributed by atoms with Crippen molar-refractivity contribution >= 4 is 34.5 Å². The molecular formula is C26H26BO2. The predicted molar refractivity (Wildman–Crippen MR) is 124 cm³/mol. The molecular weight excluding hydrogens is 355 g/mol. The molecule has 0 bridgehead atoms. The molecule has 0 atom stereocenters. The number of hydrogen-bond acceptors (Lipinski definition) is 2. The average Bonchev–Trinajstić information content (AvgIpc) is 2.70. The zero-order chi connectivity index (χ0) is 20.6. The van der Waals surface area contributed by atoms with Crippen LogP contribution in [0, 0.1) is 0 Å². The lowest BCUT2D eigenvalue weighted by Gasteiger charge is -2.37. The van der Waals surface area contributed by atoms with E-state index in [9.17, 15) is 5.11 Å².